The minimum atomic E-state index is -1.29. The fourth-order valence-electron chi connectivity index (χ4n) is 3.67. The Morgan fingerprint density at radius 2 is 1.71 bits per heavy atom. The average Bonchev–Trinajstić information content (AvgIpc) is 2.94. The van der Waals surface area contributed by atoms with Crippen LogP contribution >= 0.6 is 0 Å². The number of hydrogen-bond donors (Lipinski definition) is 2. The first-order valence-corrected chi connectivity index (χ1v) is 11.7. The van der Waals surface area contributed by atoms with E-state index >= 15 is 4.39 Å². The van der Waals surface area contributed by atoms with Gasteiger partial charge in [-0.3, -0.25) is 14.8 Å². The minimum Gasteiger partial charge on any atom is -0.496 e. The lowest BCUT2D eigenvalue weighted by atomic mass is 10.1. The van der Waals surface area contributed by atoms with E-state index in [0.717, 1.165) is 13.0 Å². The molecule has 9 nitrogen and oxygen atoms in total. The van der Waals surface area contributed by atoms with Crippen molar-refractivity contribution in [1.82, 2.24) is 15.3 Å². The first-order valence-electron chi connectivity index (χ1n) is 11.7. The third-order valence-electron chi connectivity index (χ3n) is 5.58. The van der Waals surface area contributed by atoms with Gasteiger partial charge < -0.3 is 29.6 Å². The number of nitrogens with zero attached hydrogens (tertiary/aromatic N) is 2. The summed E-state index contributed by atoms with van der Waals surface area (Å²) in [5.74, 6) is -2.24. The van der Waals surface area contributed by atoms with Gasteiger partial charge in [-0.1, -0.05) is 0 Å². The predicted molar refractivity (Wildman–Crippen MR) is 138 cm³/mol. The fourth-order valence-corrected chi connectivity index (χ4v) is 3.67. The van der Waals surface area contributed by atoms with Crippen molar-refractivity contribution in [3.05, 3.63) is 72.2 Å². The van der Waals surface area contributed by atoms with Gasteiger partial charge in [0, 0.05) is 30.0 Å². The van der Waals surface area contributed by atoms with Gasteiger partial charge >= 0.3 is 0 Å². The van der Waals surface area contributed by atoms with Crippen LogP contribution < -0.4 is 29.6 Å². The van der Waals surface area contributed by atoms with E-state index in [0.29, 0.717) is 29.0 Å². The van der Waals surface area contributed by atoms with E-state index in [9.17, 15) is 9.18 Å². The average molecular weight is 525 g/mol. The number of fused-ring (bicyclic) bond motifs is 1. The van der Waals surface area contributed by atoms with Crippen molar-refractivity contribution in [2.75, 3.05) is 39.7 Å². The number of rotatable bonds is 11. The number of halogens is 2. The molecular formula is C27H26F2N4O5. The predicted octanol–water partition coefficient (Wildman–Crippen LogP) is 4.96. The van der Waals surface area contributed by atoms with E-state index in [4.69, 9.17) is 18.9 Å². The van der Waals surface area contributed by atoms with Crippen LogP contribution in [0.15, 0.2) is 55.0 Å². The number of methoxy groups -OCH3 is 2. The van der Waals surface area contributed by atoms with Crippen molar-refractivity contribution in [3.63, 3.8) is 0 Å². The molecule has 4 rings (SSSR count). The number of anilines is 1. The topological polar surface area (TPSA) is 104 Å². The highest BCUT2D eigenvalue weighted by Gasteiger charge is 2.20. The number of nitrogens with one attached hydrogen (secondary N) is 2. The second-order valence-electron chi connectivity index (χ2n) is 8.01. The van der Waals surface area contributed by atoms with Crippen LogP contribution in [0, 0.1) is 11.6 Å². The highest BCUT2D eigenvalue weighted by atomic mass is 19.2. The second-order valence-corrected chi connectivity index (χ2v) is 8.01. The Labute approximate surface area is 217 Å². The zero-order chi connectivity index (χ0) is 27.1. The number of carbonyl (C=O) groups excluding carboxylic acids is 1. The van der Waals surface area contributed by atoms with Crippen molar-refractivity contribution in [1.29, 1.82) is 0 Å². The summed E-state index contributed by atoms with van der Waals surface area (Å²) in [6, 6.07) is 8.79. The maximum Gasteiger partial charge on any atom is 0.261 e. The lowest BCUT2D eigenvalue weighted by Gasteiger charge is -2.15. The van der Waals surface area contributed by atoms with Crippen molar-refractivity contribution in [2.24, 2.45) is 0 Å². The molecule has 0 aliphatic carbocycles. The Hall–Kier alpha value is -4.51. The molecule has 198 valence electrons. The molecule has 2 aromatic carbocycles. The second kappa shape index (κ2) is 12.2. The SMILES string of the molecule is CNCCCOc1cc2nccc(Oc3ccc(NC(=O)c4cnccc4OC)c(F)c3F)c2cc1OC. The molecule has 0 bridgehead atoms. The molecule has 0 aliphatic heterocycles. The molecule has 0 radical (unpaired) electrons. The van der Waals surface area contributed by atoms with E-state index in [1.165, 1.54) is 57.1 Å². The molecule has 2 N–H and O–H groups in total. The van der Waals surface area contributed by atoms with Crippen LogP contribution in [0.5, 0.6) is 28.7 Å². The molecule has 0 atom stereocenters. The molecule has 2 heterocycles. The molecular weight excluding hydrogens is 498 g/mol. The van der Waals surface area contributed by atoms with Gasteiger partial charge in [0.25, 0.3) is 5.91 Å². The van der Waals surface area contributed by atoms with Crippen LogP contribution in [0.25, 0.3) is 10.9 Å². The summed E-state index contributed by atoms with van der Waals surface area (Å²) in [6.07, 6.45) is 4.99. The van der Waals surface area contributed by atoms with Crippen molar-refractivity contribution in [2.45, 2.75) is 6.42 Å². The number of benzene rings is 2. The lowest BCUT2D eigenvalue weighted by molar-refractivity contribution is 0.102. The lowest BCUT2D eigenvalue weighted by Crippen LogP contribution is -2.15. The zero-order valence-corrected chi connectivity index (χ0v) is 21.0. The van der Waals surface area contributed by atoms with E-state index in [1.807, 2.05) is 7.05 Å². The fraction of sp³-hybridized carbons (Fsp3) is 0.222. The van der Waals surface area contributed by atoms with Gasteiger partial charge in [-0.05, 0) is 50.3 Å². The highest BCUT2D eigenvalue weighted by Crippen LogP contribution is 2.38. The molecule has 11 heteroatoms. The van der Waals surface area contributed by atoms with Gasteiger partial charge in [0.2, 0.25) is 5.82 Å². The van der Waals surface area contributed by atoms with Gasteiger partial charge in [0.15, 0.2) is 23.1 Å². The monoisotopic (exact) mass is 524 g/mol. The van der Waals surface area contributed by atoms with Crippen molar-refractivity contribution in [3.8, 4) is 28.7 Å². The molecule has 4 aromatic rings. The first kappa shape index (κ1) is 26.6. The standard InChI is InChI=1S/C27H26F2N4O5/c1-30-9-4-12-37-24-14-19-16(13-23(24)36-3)21(8-11-32-19)38-22-6-5-18(25(28)26(22)29)33-27(34)17-15-31-10-7-20(17)35-2/h5-8,10-11,13-15,30H,4,9,12H2,1-3H3,(H,33,34). The van der Waals surface area contributed by atoms with Crippen LogP contribution in [0.4, 0.5) is 14.5 Å². The number of ether oxygens (including phenoxy) is 4. The van der Waals surface area contributed by atoms with Crippen LogP contribution in [0.1, 0.15) is 16.8 Å². The molecule has 2 aromatic heterocycles. The van der Waals surface area contributed by atoms with Crippen molar-refractivity contribution >= 4 is 22.5 Å². The molecule has 0 aliphatic rings. The molecule has 0 spiro atoms. The molecule has 0 saturated heterocycles. The zero-order valence-electron chi connectivity index (χ0n) is 21.0. The Bertz CT molecular complexity index is 1450. The summed E-state index contributed by atoms with van der Waals surface area (Å²) < 4.78 is 52.0. The van der Waals surface area contributed by atoms with Gasteiger partial charge in [-0.2, -0.15) is 4.39 Å². The third kappa shape index (κ3) is 5.73. The Kier molecular flexibility index (Phi) is 8.49. The van der Waals surface area contributed by atoms with Gasteiger partial charge in [0.1, 0.15) is 11.5 Å². The van der Waals surface area contributed by atoms with Crippen LogP contribution in [-0.2, 0) is 0 Å². The number of amides is 1. The minimum absolute atomic E-state index is 0.0673. The summed E-state index contributed by atoms with van der Waals surface area (Å²) in [7, 11) is 4.75. The maximum absolute atomic E-state index is 15.0. The Morgan fingerprint density at radius 1 is 0.921 bits per heavy atom. The quantitative estimate of drug-likeness (QED) is 0.266. The van der Waals surface area contributed by atoms with Gasteiger partial charge in [-0.15, -0.1) is 0 Å². The summed E-state index contributed by atoms with van der Waals surface area (Å²) in [4.78, 5) is 20.8. The number of pyridine rings is 2. The Morgan fingerprint density at radius 3 is 2.47 bits per heavy atom. The molecule has 0 saturated carbocycles. The highest BCUT2D eigenvalue weighted by molar-refractivity contribution is 6.06. The molecule has 1 amide bonds. The van der Waals surface area contributed by atoms with E-state index in [2.05, 4.69) is 20.6 Å². The Balaban J connectivity index is 1.58. The van der Waals surface area contributed by atoms with Crippen LogP contribution in [0.3, 0.4) is 0 Å². The van der Waals surface area contributed by atoms with Crippen molar-refractivity contribution < 1.29 is 32.5 Å². The summed E-state index contributed by atoms with van der Waals surface area (Å²) >= 11 is 0. The van der Waals surface area contributed by atoms with Gasteiger partial charge in [-0.25, -0.2) is 4.39 Å². The van der Waals surface area contributed by atoms with Crippen LogP contribution in [-0.4, -0.2) is 50.3 Å². The van der Waals surface area contributed by atoms with E-state index in [-0.39, 0.29) is 28.5 Å². The smallest absolute Gasteiger partial charge is 0.261 e. The summed E-state index contributed by atoms with van der Waals surface area (Å²) in [5.41, 5.74) is 0.215. The normalized spacial score (nSPS) is 10.8. The summed E-state index contributed by atoms with van der Waals surface area (Å²) in [6.45, 7) is 1.27. The third-order valence-corrected chi connectivity index (χ3v) is 5.58. The number of hydrogen-bond acceptors (Lipinski definition) is 8. The molecule has 0 unspecified atom stereocenters. The van der Waals surface area contributed by atoms with Crippen LogP contribution in [0.2, 0.25) is 0 Å². The van der Waals surface area contributed by atoms with E-state index in [1.54, 1.807) is 12.1 Å². The van der Waals surface area contributed by atoms with Gasteiger partial charge in [0.05, 0.1) is 37.6 Å². The molecule has 0 fully saturated rings. The first-order chi connectivity index (χ1) is 18.5. The largest absolute Gasteiger partial charge is 0.496 e. The molecule has 38 heavy (non-hydrogen) atoms. The maximum atomic E-state index is 15.0. The summed E-state index contributed by atoms with van der Waals surface area (Å²) in [5, 5.41) is 5.89. The number of aromatic nitrogens is 2. The number of carbonyl (C=O) groups is 1. The van der Waals surface area contributed by atoms with E-state index < -0.39 is 17.5 Å².